The van der Waals surface area contributed by atoms with Gasteiger partial charge >= 0.3 is 6.98 Å². The largest absolute Gasteiger partial charge is 0.486 e. The molecule has 1 amide bonds. The first-order valence-corrected chi connectivity index (χ1v) is 3.96. The molecule has 2 aliphatic heterocycles. The number of rotatable bonds is 1. The number of alkyl halides is 1. The highest BCUT2D eigenvalue weighted by Crippen LogP contribution is 2.64. The lowest BCUT2D eigenvalue weighted by molar-refractivity contribution is -0.149. The number of carbonyl (C=O) groups is 1. The number of piperidine rings is 2. The van der Waals surface area contributed by atoms with Crippen LogP contribution in [0.4, 0.5) is 17.3 Å². The van der Waals surface area contributed by atoms with Gasteiger partial charge in [0.1, 0.15) is 0 Å². The fourth-order valence-electron chi connectivity index (χ4n) is 2.11. The van der Waals surface area contributed by atoms with Crippen LogP contribution in [-0.4, -0.2) is 25.1 Å². The number of hydrogen-bond donors (Lipinski definition) is 1. The molecule has 0 aromatic heterocycles. The molecule has 1 N–H and O–H groups in total. The van der Waals surface area contributed by atoms with E-state index in [1.54, 1.807) is 0 Å². The monoisotopic (exact) mass is 196 g/mol. The van der Waals surface area contributed by atoms with Crippen molar-refractivity contribution in [2.24, 2.45) is 0 Å². The number of fused-ring (bicyclic) bond motifs is 2. The molecule has 3 aliphatic rings. The number of halogens is 4. The SMILES string of the molecule is O=C1NCC2([B-](F)(F)F)CC1(F)C2. The van der Waals surface area contributed by atoms with E-state index in [2.05, 4.69) is 0 Å². The number of nitrogens with one attached hydrogen (secondary N) is 1. The predicted molar refractivity (Wildman–Crippen MR) is 37.9 cm³/mol. The van der Waals surface area contributed by atoms with Gasteiger partial charge in [0.2, 0.25) is 0 Å². The highest BCUT2D eigenvalue weighted by atomic mass is 19.4. The summed E-state index contributed by atoms with van der Waals surface area (Å²) in [6, 6.07) is 0. The first-order valence-electron chi connectivity index (χ1n) is 3.96. The molecule has 7 heteroatoms. The molecule has 74 valence electrons. The van der Waals surface area contributed by atoms with E-state index in [1.165, 1.54) is 0 Å². The predicted octanol–water partition coefficient (Wildman–Crippen LogP) is 1.21. The van der Waals surface area contributed by atoms with Gasteiger partial charge in [-0.1, -0.05) is 0 Å². The fraction of sp³-hybridized carbons (Fsp3) is 0.833. The molecule has 13 heavy (non-hydrogen) atoms. The molecule has 0 unspecified atom stereocenters. The summed E-state index contributed by atoms with van der Waals surface area (Å²) in [5, 5.41) is 0.00931. The van der Waals surface area contributed by atoms with Crippen molar-refractivity contribution in [1.82, 2.24) is 5.32 Å². The minimum Gasteiger partial charge on any atom is -0.448 e. The van der Waals surface area contributed by atoms with E-state index in [0.29, 0.717) is 0 Å². The quantitative estimate of drug-likeness (QED) is 0.495. The van der Waals surface area contributed by atoms with Gasteiger partial charge < -0.3 is 18.3 Å². The Bertz CT molecular complexity index is 270. The van der Waals surface area contributed by atoms with E-state index >= 15 is 0 Å². The summed E-state index contributed by atoms with van der Waals surface area (Å²) in [4.78, 5) is 10.8. The Morgan fingerprint density at radius 2 is 1.85 bits per heavy atom. The Morgan fingerprint density at radius 3 is 2.23 bits per heavy atom. The van der Waals surface area contributed by atoms with Crippen LogP contribution in [0.2, 0.25) is 5.31 Å². The highest BCUT2D eigenvalue weighted by molar-refractivity contribution is 6.63. The number of carbonyl (C=O) groups excluding carboxylic acids is 1. The zero-order valence-corrected chi connectivity index (χ0v) is 6.62. The molecule has 2 saturated heterocycles. The molecule has 2 heterocycles. The van der Waals surface area contributed by atoms with E-state index < -0.39 is 43.3 Å². The van der Waals surface area contributed by atoms with E-state index in [4.69, 9.17) is 0 Å². The van der Waals surface area contributed by atoms with Gasteiger partial charge in [-0.2, -0.15) is 0 Å². The second-order valence-corrected chi connectivity index (χ2v) is 3.94. The molecule has 0 atom stereocenters. The van der Waals surface area contributed by atoms with Gasteiger partial charge in [0.15, 0.2) is 5.67 Å². The molecule has 3 rings (SSSR count). The van der Waals surface area contributed by atoms with Crippen molar-refractivity contribution in [2.45, 2.75) is 23.8 Å². The minimum atomic E-state index is -5.06. The zero-order valence-electron chi connectivity index (χ0n) is 6.62. The first kappa shape index (κ1) is 8.84. The lowest BCUT2D eigenvalue weighted by Crippen LogP contribution is -2.69. The fourth-order valence-corrected chi connectivity index (χ4v) is 2.11. The molecular weight excluding hydrogens is 189 g/mol. The molecule has 2 nitrogen and oxygen atoms in total. The number of hydrogen-bond acceptors (Lipinski definition) is 1. The molecule has 0 aromatic carbocycles. The van der Waals surface area contributed by atoms with Crippen LogP contribution in [0.5, 0.6) is 0 Å². The van der Waals surface area contributed by atoms with Gasteiger partial charge in [0.05, 0.1) is 0 Å². The summed E-state index contributed by atoms with van der Waals surface area (Å²) in [5.74, 6) is -0.894. The second-order valence-electron chi connectivity index (χ2n) is 3.94. The Balaban J connectivity index is 2.23. The molecule has 0 spiro atoms. The van der Waals surface area contributed by atoms with E-state index in [-0.39, 0.29) is 0 Å². The average Bonchev–Trinajstić information content (AvgIpc) is 1.90. The van der Waals surface area contributed by atoms with Crippen molar-refractivity contribution in [3.05, 3.63) is 0 Å². The third-order valence-electron chi connectivity index (χ3n) is 2.97. The van der Waals surface area contributed by atoms with Crippen LogP contribution in [0.15, 0.2) is 0 Å². The minimum absolute atomic E-state index is 0.457. The molecule has 3 fully saturated rings. The van der Waals surface area contributed by atoms with Crippen LogP contribution < -0.4 is 5.32 Å². The van der Waals surface area contributed by atoms with Crippen LogP contribution in [0.3, 0.4) is 0 Å². The average molecular weight is 196 g/mol. The van der Waals surface area contributed by atoms with Crippen LogP contribution in [0.1, 0.15) is 12.8 Å². The maximum Gasteiger partial charge on any atom is 0.486 e. The topological polar surface area (TPSA) is 29.1 Å². The summed E-state index contributed by atoms with van der Waals surface area (Å²) in [6.07, 6.45) is -1.37. The van der Waals surface area contributed by atoms with Crippen molar-refractivity contribution in [1.29, 1.82) is 0 Å². The smallest absolute Gasteiger partial charge is 0.448 e. The summed E-state index contributed by atoms with van der Waals surface area (Å²) < 4.78 is 50.4. The third kappa shape index (κ3) is 0.927. The van der Waals surface area contributed by atoms with Gasteiger partial charge in [-0.15, -0.1) is 0 Å². The molecule has 1 saturated carbocycles. The molecule has 0 aromatic rings. The highest BCUT2D eigenvalue weighted by Gasteiger charge is 2.69. The first-order chi connectivity index (χ1) is 5.79. The van der Waals surface area contributed by atoms with Crippen LogP contribution in [0, 0.1) is 0 Å². The van der Waals surface area contributed by atoms with Crippen LogP contribution in [-0.2, 0) is 4.79 Å². The van der Waals surface area contributed by atoms with Gasteiger partial charge in [-0.3, -0.25) is 4.79 Å². The van der Waals surface area contributed by atoms with Gasteiger partial charge in [0.25, 0.3) is 5.91 Å². The van der Waals surface area contributed by atoms with Crippen LogP contribution in [0.25, 0.3) is 0 Å². The maximum absolute atomic E-state index is 13.2. The zero-order chi connectivity index (χ0) is 9.91. The lowest BCUT2D eigenvalue weighted by atomic mass is 9.41. The van der Waals surface area contributed by atoms with E-state index in [1.807, 2.05) is 5.32 Å². The normalized spacial score (nSPS) is 43.8. The summed E-state index contributed by atoms with van der Waals surface area (Å²) >= 11 is 0. The molecule has 1 aliphatic carbocycles. The third-order valence-corrected chi connectivity index (χ3v) is 2.97. The molecule has 0 radical (unpaired) electrons. The van der Waals surface area contributed by atoms with Gasteiger partial charge in [-0.25, -0.2) is 4.39 Å². The Hall–Kier alpha value is -0.745. The van der Waals surface area contributed by atoms with Gasteiger partial charge in [-0.05, 0) is 24.7 Å². The van der Waals surface area contributed by atoms with Crippen molar-refractivity contribution in [3.63, 3.8) is 0 Å². The van der Waals surface area contributed by atoms with Crippen molar-refractivity contribution < 1.29 is 22.1 Å². The molecular formula is C6H7BF4NO-. The summed E-state index contributed by atoms with van der Waals surface area (Å²) in [7, 11) is 0. The number of amides is 1. The van der Waals surface area contributed by atoms with E-state index in [9.17, 15) is 22.1 Å². The molecule has 2 bridgehead atoms. The summed E-state index contributed by atoms with van der Waals surface area (Å²) in [5.41, 5.74) is -2.25. The van der Waals surface area contributed by atoms with E-state index in [0.717, 1.165) is 0 Å². The standard InChI is InChI=1S/C6H7BF4NO/c8-6-1-5(2-6,7(9,10)11)3-12-4(6)13/h1-3H2,(H,12,13)/q-1. The lowest BCUT2D eigenvalue weighted by Gasteiger charge is -2.59. The van der Waals surface area contributed by atoms with Crippen LogP contribution >= 0.6 is 0 Å². The van der Waals surface area contributed by atoms with Crippen molar-refractivity contribution in [3.8, 4) is 0 Å². The Kier molecular flexibility index (Phi) is 1.37. The van der Waals surface area contributed by atoms with Crippen molar-refractivity contribution >= 4 is 12.9 Å². The van der Waals surface area contributed by atoms with Gasteiger partial charge in [0, 0.05) is 0 Å². The Morgan fingerprint density at radius 1 is 1.31 bits per heavy atom. The second kappa shape index (κ2) is 2.01. The summed E-state index contributed by atoms with van der Waals surface area (Å²) in [6.45, 7) is -5.52. The van der Waals surface area contributed by atoms with Crippen molar-refractivity contribution in [2.75, 3.05) is 6.54 Å². The Labute approximate surface area is 71.7 Å². The maximum atomic E-state index is 13.2.